The lowest BCUT2D eigenvalue weighted by atomic mass is 10.1. The average molecular weight is 441 g/mol. The van der Waals surface area contributed by atoms with E-state index in [-0.39, 0.29) is 11.9 Å². The molecule has 1 heterocycles. The number of anilines is 1. The Bertz CT molecular complexity index is 980. The summed E-state index contributed by atoms with van der Waals surface area (Å²) in [5.41, 5.74) is 2.94. The van der Waals surface area contributed by atoms with Crippen molar-refractivity contribution >= 4 is 35.1 Å². The first-order chi connectivity index (χ1) is 14.4. The first-order valence-electron chi connectivity index (χ1n) is 9.73. The van der Waals surface area contributed by atoms with Gasteiger partial charge in [-0.15, -0.1) is 0 Å². The van der Waals surface area contributed by atoms with Gasteiger partial charge in [0.2, 0.25) is 0 Å². The largest absolute Gasteiger partial charge is 0.355 e. The smallest absolute Gasteiger partial charge is 0.251 e. The molecule has 1 amide bonds. The van der Waals surface area contributed by atoms with Gasteiger partial charge in [-0.2, -0.15) is 0 Å². The highest BCUT2D eigenvalue weighted by Crippen LogP contribution is 2.25. The molecular weight excluding hydrogens is 416 g/mol. The molecule has 1 N–H and O–H groups in total. The summed E-state index contributed by atoms with van der Waals surface area (Å²) in [7, 11) is 1.99. The lowest BCUT2D eigenvalue weighted by molar-refractivity contribution is 0.0943. The number of carbonyl (C=O) groups is 1. The van der Waals surface area contributed by atoms with Crippen molar-refractivity contribution in [2.24, 2.45) is 0 Å². The van der Waals surface area contributed by atoms with Crippen LogP contribution in [0.4, 0.5) is 5.82 Å². The normalized spacial score (nSPS) is 10.8. The maximum absolute atomic E-state index is 12.1. The number of nitrogens with zero attached hydrogens (tertiary/aromatic N) is 3. The summed E-state index contributed by atoms with van der Waals surface area (Å²) >= 11 is 7.76. The molecule has 0 unspecified atom stereocenters. The summed E-state index contributed by atoms with van der Waals surface area (Å²) in [6.07, 6.45) is 0. The van der Waals surface area contributed by atoms with Gasteiger partial charge in [0, 0.05) is 37.0 Å². The van der Waals surface area contributed by atoms with Crippen molar-refractivity contribution in [2.75, 3.05) is 11.9 Å². The Balaban J connectivity index is 1.63. The summed E-state index contributed by atoms with van der Waals surface area (Å²) in [5, 5.41) is 3.94. The zero-order chi connectivity index (χ0) is 21.5. The lowest BCUT2D eigenvalue weighted by Gasteiger charge is -2.19. The summed E-state index contributed by atoms with van der Waals surface area (Å²) in [4.78, 5) is 23.1. The van der Waals surface area contributed by atoms with E-state index in [2.05, 4.69) is 32.3 Å². The lowest BCUT2D eigenvalue weighted by Crippen LogP contribution is -2.29. The van der Waals surface area contributed by atoms with Crippen LogP contribution in [0.15, 0.2) is 65.8 Å². The van der Waals surface area contributed by atoms with Crippen LogP contribution in [0.25, 0.3) is 0 Å². The Morgan fingerprint density at radius 1 is 1.07 bits per heavy atom. The molecule has 7 heteroatoms. The minimum absolute atomic E-state index is 0.0616. The number of aromatic nitrogens is 2. The van der Waals surface area contributed by atoms with E-state index in [0.29, 0.717) is 21.6 Å². The fourth-order valence-electron chi connectivity index (χ4n) is 2.83. The maximum Gasteiger partial charge on any atom is 0.251 e. The van der Waals surface area contributed by atoms with Crippen LogP contribution in [0.5, 0.6) is 0 Å². The predicted octanol–water partition coefficient (Wildman–Crippen LogP) is 5.20. The topological polar surface area (TPSA) is 58.1 Å². The van der Waals surface area contributed by atoms with Gasteiger partial charge in [-0.05, 0) is 37.1 Å². The molecule has 0 bridgehead atoms. The van der Waals surface area contributed by atoms with Crippen molar-refractivity contribution in [1.82, 2.24) is 15.3 Å². The number of thioether (sulfide) groups is 1. The quantitative estimate of drug-likeness (QED) is 0.296. The second-order valence-corrected chi connectivity index (χ2v) is 8.62. The van der Waals surface area contributed by atoms with Gasteiger partial charge in [-0.3, -0.25) is 4.79 Å². The van der Waals surface area contributed by atoms with E-state index in [4.69, 9.17) is 11.6 Å². The molecule has 0 aliphatic rings. The molecule has 2 aromatic carbocycles. The van der Waals surface area contributed by atoms with Crippen LogP contribution in [-0.2, 0) is 12.3 Å². The molecule has 0 aliphatic heterocycles. The van der Waals surface area contributed by atoms with Gasteiger partial charge in [0.25, 0.3) is 5.91 Å². The molecular formula is C23H25ClN4OS. The number of benzene rings is 2. The van der Waals surface area contributed by atoms with Gasteiger partial charge in [-0.1, -0.05) is 65.8 Å². The highest BCUT2D eigenvalue weighted by atomic mass is 35.5. The van der Waals surface area contributed by atoms with Crippen molar-refractivity contribution in [2.45, 2.75) is 37.3 Å². The fourth-order valence-corrected chi connectivity index (χ4v) is 3.87. The maximum atomic E-state index is 12.1. The number of hydrogen-bond donors (Lipinski definition) is 1. The summed E-state index contributed by atoms with van der Waals surface area (Å²) in [5.74, 6) is 1.41. The number of carbonyl (C=O) groups excluding carboxylic acids is 1. The summed E-state index contributed by atoms with van der Waals surface area (Å²) in [6, 6.07) is 19.7. The monoisotopic (exact) mass is 440 g/mol. The predicted molar refractivity (Wildman–Crippen MR) is 124 cm³/mol. The molecule has 1 aromatic heterocycles. The zero-order valence-electron chi connectivity index (χ0n) is 17.3. The van der Waals surface area contributed by atoms with Gasteiger partial charge in [0.1, 0.15) is 11.0 Å². The summed E-state index contributed by atoms with van der Waals surface area (Å²) in [6.45, 7) is 4.62. The Labute approximate surface area is 186 Å². The second-order valence-electron chi connectivity index (χ2n) is 7.29. The molecule has 5 nitrogen and oxygen atoms in total. The first kappa shape index (κ1) is 22.1. The number of halogens is 1. The number of hydrogen-bond acceptors (Lipinski definition) is 5. The number of nitrogens with one attached hydrogen (secondary N) is 1. The molecule has 30 heavy (non-hydrogen) atoms. The molecule has 0 aliphatic carbocycles. The van der Waals surface area contributed by atoms with Crippen molar-refractivity contribution in [3.05, 3.63) is 82.5 Å². The van der Waals surface area contributed by atoms with Crippen LogP contribution in [0, 0.1) is 0 Å². The van der Waals surface area contributed by atoms with Crippen LogP contribution in [-0.4, -0.2) is 29.0 Å². The standard InChI is InChI=1S/C23H25ClN4OS/c1-16(2)25-22(29)19-11-9-18(10-12-19)15-30-23-26-20(24)13-21(27-23)28(3)14-17-7-5-4-6-8-17/h4-13,16H,14-15H2,1-3H3,(H,25,29). The van der Waals surface area contributed by atoms with E-state index in [9.17, 15) is 4.79 Å². The fraction of sp³-hybridized carbons (Fsp3) is 0.261. The number of amides is 1. The molecule has 0 radical (unpaired) electrons. The summed E-state index contributed by atoms with van der Waals surface area (Å²) < 4.78 is 0. The van der Waals surface area contributed by atoms with Crippen molar-refractivity contribution in [1.29, 1.82) is 0 Å². The van der Waals surface area contributed by atoms with E-state index < -0.39 is 0 Å². The third kappa shape index (κ3) is 6.47. The molecule has 3 aromatic rings. The molecule has 0 spiro atoms. The Hall–Kier alpha value is -2.57. The Morgan fingerprint density at radius 2 is 1.77 bits per heavy atom. The molecule has 0 saturated heterocycles. The SMILES string of the molecule is CC(C)NC(=O)c1ccc(CSc2nc(Cl)cc(N(C)Cc3ccccc3)n2)cc1. The van der Waals surface area contributed by atoms with Gasteiger partial charge >= 0.3 is 0 Å². The molecule has 0 fully saturated rings. The van der Waals surface area contributed by atoms with Gasteiger partial charge in [-0.25, -0.2) is 9.97 Å². The Kier molecular flexibility index (Phi) is 7.71. The second kappa shape index (κ2) is 10.5. The highest BCUT2D eigenvalue weighted by Gasteiger charge is 2.10. The minimum Gasteiger partial charge on any atom is -0.355 e. The van der Waals surface area contributed by atoms with Crippen LogP contribution in [0.3, 0.4) is 0 Å². The van der Waals surface area contributed by atoms with Crippen LogP contribution in [0.2, 0.25) is 5.15 Å². The van der Waals surface area contributed by atoms with E-state index in [1.807, 2.05) is 63.4 Å². The third-order valence-corrected chi connectivity index (χ3v) is 5.43. The Morgan fingerprint density at radius 3 is 2.43 bits per heavy atom. The van der Waals surface area contributed by atoms with Crippen molar-refractivity contribution in [3.8, 4) is 0 Å². The molecule has 3 rings (SSSR count). The van der Waals surface area contributed by atoms with Crippen molar-refractivity contribution < 1.29 is 4.79 Å². The minimum atomic E-state index is -0.0616. The van der Waals surface area contributed by atoms with Gasteiger partial charge < -0.3 is 10.2 Å². The van der Waals surface area contributed by atoms with E-state index >= 15 is 0 Å². The molecule has 0 atom stereocenters. The molecule has 0 saturated carbocycles. The first-order valence-corrected chi connectivity index (χ1v) is 11.1. The number of rotatable bonds is 8. The van der Waals surface area contributed by atoms with Crippen LogP contribution < -0.4 is 10.2 Å². The average Bonchev–Trinajstić information content (AvgIpc) is 2.72. The molecule has 156 valence electrons. The zero-order valence-corrected chi connectivity index (χ0v) is 18.9. The highest BCUT2D eigenvalue weighted by molar-refractivity contribution is 7.98. The third-order valence-electron chi connectivity index (χ3n) is 4.32. The van der Waals surface area contributed by atoms with E-state index in [0.717, 1.165) is 17.9 Å². The van der Waals surface area contributed by atoms with E-state index in [1.54, 1.807) is 6.07 Å². The van der Waals surface area contributed by atoms with Crippen LogP contribution >= 0.6 is 23.4 Å². The van der Waals surface area contributed by atoms with Crippen molar-refractivity contribution in [3.63, 3.8) is 0 Å². The van der Waals surface area contributed by atoms with E-state index in [1.165, 1.54) is 17.3 Å². The van der Waals surface area contributed by atoms with Crippen LogP contribution in [0.1, 0.15) is 35.3 Å². The van der Waals surface area contributed by atoms with Gasteiger partial charge in [0.05, 0.1) is 0 Å². The van der Waals surface area contributed by atoms with Gasteiger partial charge in [0.15, 0.2) is 5.16 Å².